The van der Waals surface area contributed by atoms with E-state index in [2.05, 4.69) is 50.0 Å². The van der Waals surface area contributed by atoms with Crippen molar-refractivity contribution >= 4 is 11.3 Å². The molecule has 1 unspecified atom stereocenters. The lowest BCUT2D eigenvalue weighted by Crippen LogP contribution is -2.33. The van der Waals surface area contributed by atoms with Crippen LogP contribution in [0.25, 0.3) is 5.57 Å². The van der Waals surface area contributed by atoms with Gasteiger partial charge < -0.3 is 5.32 Å². The Bertz CT molecular complexity index is 1020. The molecule has 0 amide bonds. The summed E-state index contributed by atoms with van der Waals surface area (Å²) in [5.74, 6) is -1.93. The molecular weight excluding hydrogens is 357 g/mol. The van der Waals surface area contributed by atoms with Gasteiger partial charge in [-0.05, 0) is 69.4 Å². The van der Waals surface area contributed by atoms with Crippen molar-refractivity contribution < 1.29 is 4.39 Å². The smallest absolute Gasteiger partial charge is 0.232 e. The van der Waals surface area contributed by atoms with E-state index in [-0.39, 0.29) is 0 Å². The number of rotatable bonds is 5. The first kappa shape index (κ1) is 20.9. The summed E-state index contributed by atoms with van der Waals surface area (Å²) in [5.41, 5.74) is 9.09. The van der Waals surface area contributed by atoms with Gasteiger partial charge in [0.15, 0.2) is 0 Å². The third kappa shape index (κ3) is 3.98. The fraction of sp³-hybridized carbons (Fsp3) is 0.259. The number of hydrogen-bond donors (Lipinski definition) is 1. The van der Waals surface area contributed by atoms with Gasteiger partial charge in [-0.1, -0.05) is 72.3 Å². The van der Waals surface area contributed by atoms with Crippen LogP contribution < -0.4 is 5.32 Å². The van der Waals surface area contributed by atoms with Crippen molar-refractivity contribution in [1.29, 1.82) is 0 Å². The zero-order chi connectivity index (χ0) is 21.3. The summed E-state index contributed by atoms with van der Waals surface area (Å²) in [6.07, 6.45) is 0. The highest BCUT2D eigenvalue weighted by Gasteiger charge is 2.38. The third-order valence-corrected chi connectivity index (χ3v) is 5.54. The Morgan fingerprint density at radius 2 is 1.21 bits per heavy atom. The predicted molar refractivity (Wildman–Crippen MR) is 123 cm³/mol. The number of halogens is 1. The van der Waals surface area contributed by atoms with E-state index in [0.717, 1.165) is 33.5 Å². The van der Waals surface area contributed by atoms with Crippen LogP contribution in [0.4, 0.5) is 10.1 Å². The first-order valence-electron chi connectivity index (χ1n) is 10.0. The minimum atomic E-state index is -1.93. The van der Waals surface area contributed by atoms with Crippen LogP contribution in [0.2, 0.25) is 0 Å². The standard InChI is InChI=1S/C27H30FN/c1-17-13-19(3)25(20(4)14-17)23(7)27(28,24-11-9-8-10-12-24)29-26-21(5)15-18(2)16-22(26)6/h8-16,29H,7H2,1-6H3. The minimum absolute atomic E-state index is 0.429. The van der Waals surface area contributed by atoms with Gasteiger partial charge in [-0.25, -0.2) is 4.39 Å². The number of benzene rings is 3. The maximum absolute atomic E-state index is 17.0. The molecule has 0 fully saturated rings. The number of anilines is 1. The number of nitrogens with one attached hydrogen (secondary N) is 1. The lowest BCUT2D eigenvalue weighted by molar-refractivity contribution is 0.290. The van der Waals surface area contributed by atoms with Crippen LogP contribution >= 0.6 is 0 Å². The van der Waals surface area contributed by atoms with E-state index in [1.165, 1.54) is 11.1 Å². The molecule has 1 atom stereocenters. The summed E-state index contributed by atoms with van der Waals surface area (Å²) < 4.78 is 17.0. The Morgan fingerprint density at radius 3 is 1.69 bits per heavy atom. The van der Waals surface area contributed by atoms with Crippen LogP contribution in [0.5, 0.6) is 0 Å². The SMILES string of the molecule is C=C(c1c(C)cc(C)cc1C)C(F)(Nc1c(C)cc(C)cc1C)c1ccccc1. The van der Waals surface area contributed by atoms with Gasteiger partial charge in [-0.3, -0.25) is 0 Å². The Morgan fingerprint density at radius 1 is 0.759 bits per heavy atom. The van der Waals surface area contributed by atoms with Crippen LogP contribution in [-0.4, -0.2) is 0 Å². The fourth-order valence-corrected chi connectivity index (χ4v) is 4.37. The van der Waals surface area contributed by atoms with E-state index in [4.69, 9.17) is 0 Å². The molecule has 150 valence electrons. The molecule has 0 saturated heterocycles. The molecule has 3 aromatic rings. The zero-order valence-corrected chi connectivity index (χ0v) is 18.3. The Hall–Kier alpha value is -2.87. The Balaban J connectivity index is 2.20. The van der Waals surface area contributed by atoms with E-state index in [1.54, 1.807) is 0 Å². The lowest BCUT2D eigenvalue weighted by Gasteiger charge is -2.33. The molecule has 3 aromatic carbocycles. The van der Waals surface area contributed by atoms with Crippen molar-refractivity contribution in [3.05, 3.63) is 106 Å². The summed E-state index contributed by atoms with van der Waals surface area (Å²) in [4.78, 5) is 0. The summed E-state index contributed by atoms with van der Waals surface area (Å²) in [6.45, 7) is 16.4. The van der Waals surface area contributed by atoms with E-state index in [9.17, 15) is 0 Å². The van der Waals surface area contributed by atoms with Crippen LogP contribution in [-0.2, 0) is 5.79 Å². The quantitative estimate of drug-likeness (QED) is 0.447. The van der Waals surface area contributed by atoms with Crippen molar-refractivity contribution in [1.82, 2.24) is 0 Å². The van der Waals surface area contributed by atoms with Gasteiger partial charge in [-0.2, -0.15) is 0 Å². The normalized spacial score (nSPS) is 13.1. The molecule has 29 heavy (non-hydrogen) atoms. The van der Waals surface area contributed by atoms with Crippen LogP contribution in [0.1, 0.15) is 44.5 Å². The van der Waals surface area contributed by atoms with Gasteiger partial charge >= 0.3 is 0 Å². The van der Waals surface area contributed by atoms with E-state index in [0.29, 0.717) is 11.1 Å². The number of hydrogen-bond acceptors (Lipinski definition) is 1. The monoisotopic (exact) mass is 387 g/mol. The van der Waals surface area contributed by atoms with Gasteiger partial charge in [0.1, 0.15) is 0 Å². The first-order chi connectivity index (χ1) is 13.6. The van der Waals surface area contributed by atoms with Gasteiger partial charge in [0, 0.05) is 16.8 Å². The summed E-state index contributed by atoms with van der Waals surface area (Å²) >= 11 is 0. The largest absolute Gasteiger partial charge is 0.346 e. The van der Waals surface area contributed by atoms with E-state index < -0.39 is 5.79 Å². The summed E-state index contributed by atoms with van der Waals surface area (Å²) in [6, 6.07) is 17.6. The fourth-order valence-electron chi connectivity index (χ4n) is 4.37. The molecular formula is C27H30FN. The van der Waals surface area contributed by atoms with Crippen molar-refractivity contribution in [2.24, 2.45) is 0 Å². The molecule has 0 saturated carbocycles. The van der Waals surface area contributed by atoms with Crippen molar-refractivity contribution in [3.8, 4) is 0 Å². The maximum atomic E-state index is 17.0. The second-order valence-electron chi connectivity index (χ2n) is 8.18. The second kappa shape index (κ2) is 7.87. The van der Waals surface area contributed by atoms with Gasteiger partial charge in [0.2, 0.25) is 5.79 Å². The topological polar surface area (TPSA) is 12.0 Å². The Labute approximate surface area is 174 Å². The molecule has 0 aliphatic carbocycles. The highest BCUT2D eigenvalue weighted by molar-refractivity contribution is 5.80. The Kier molecular flexibility index (Phi) is 5.66. The van der Waals surface area contributed by atoms with E-state index in [1.807, 2.05) is 58.0 Å². The molecule has 3 rings (SSSR count). The number of alkyl halides is 1. The highest BCUT2D eigenvalue weighted by Crippen LogP contribution is 2.43. The molecule has 0 aliphatic heterocycles. The second-order valence-corrected chi connectivity index (χ2v) is 8.18. The molecule has 0 aliphatic rings. The summed E-state index contributed by atoms with van der Waals surface area (Å²) in [7, 11) is 0. The molecule has 0 spiro atoms. The molecule has 0 bridgehead atoms. The van der Waals surface area contributed by atoms with Crippen molar-refractivity contribution in [3.63, 3.8) is 0 Å². The minimum Gasteiger partial charge on any atom is -0.346 e. The molecule has 0 heterocycles. The van der Waals surface area contributed by atoms with Crippen LogP contribution in [0, 0.1) is 41.5 Å². The first-order valence-corrected chi connectivity index (χ1v) is 10.0. The zero-order valence-electron chi connectivity index (χ0n) is 18.3. The average Bonchev–Trinajstić information content (AvgIpc) is 2.64. The van der Waals surface area contributed by atoms with Gasteiger partial charge in [0.25, 0.3) is 0 Å². The molecule has 1 N–H and O–H groups in total. The molecule has 0 radical (unpaired) electrons. The van der Waals surface area contributed by atoms with Gasteiger partial charge in [-0.15, -0.1) is 0 Å². The summed E-state index contributed by atoms with van der Waals surface area (Å²) in [5, 5.41) is 3.24. The average molecular weight is 388 g/mol. The molecule has 0 aromatic heterocycles. The van der Waals surface area contributed by atoms with Crippen molar-refractivity contribution in [2.75, 3.05) is 5.32 Å². The van der Waals surface area contributed by atoms with Crippen LogP contribution in [0.15, 0.2) is 61.2 Å². The molecule has 1 nitrogen and oxygen atoms in total. The van der Waals surface area contributed by atoms with E-state index >= 15 is 4.39 Å². The maximum Gasteiger partial charge on any atom is 0.232 e. The third-order valence-electron chi connectivity index (χ3n) is 5.54. The van der Waals surface area contributed by atoms with Gasteiger partial charge in [0.05, 0.1) is 0 Å². The highest BCUT2D eigenvalue weighted by atomic mass is 19.1. The predicted octanol–water partition coefficient (Wildman–Crippen LogP) is 7.48. The lowest BCUT2D eigenvalue weighted by atomic mass is 9.85. The molecule has 2 heteroatoms. The number of aryl methyl sites for hydroxylation is 6. The van der Waals surface area contributed by atoms with Crippen LogP contribution in [0.3, 0.4) is 0 Å². The van der Waals surface area contributed by atoms with Crippen molar-refractivity contribution in [2.45, 2.75) is 47.3 Å².